The molecule has 2 aromatic rings. The summed E-state index contributed by atoms with van der Waals surface area (Å²) >= 11 is 3.31. The van der Waals surface area contributed by atoms with Crippen LogP contribution in [0.1, 0.15) is 5.56 Å². The van der Waals surface area contributed by atoms with Gasteiger partial charge in [0.25, 0.3) is 0 Å². The van der Waals surface area contributed by atoms with Crippen molar-refractivity contribution in [1.82, 2.24) is 4.90 Å². The van der Waals surface area contributed by atoms with E-state index in [4.69, 9.17) is 0 Å². The Morgan fingerprint density at radius 3 is 2.21 bits per heavy atom. The van der Waals surface area contributed by atoms with Crippen LogP contribution in [0.4, 0.5) is 0 Å². The van der Waals surface area contributed by atoms with E-state index in [9.17, 15) is 13.5 Å². The Labute approximate surface area is 152 Å². The first kappa shape index (κ1) is 19.1. The zero-order chi connectivity index (χ0) is 17.4. The molecule has 0 spiro atoms. The van der Waals surface area contributed by atoms with Crippen molar-refractivity contribution in [2.45, 2.75) is 11.3 Å². The molecule has 0 atom stereocenters. The molecule has 0 aliphatic carbocycles. The quantitative estimate of drug-likeness (QED) is 0.688. The lowest BCUT2D eigenvalue weighted by atomic mass is 10.1. The zero-order valence-corrected chi connectivity index (χ0v) is 15.8. The second-order valence-corrected chi connectivity index (χ2v) is 8.60. The fraction of sp³-hybridized carbons (Fsp3) is 0.333. The molecule has 1 N–H and O–H groups in total. The summed E-state index contributed by atoms with van der Waals surface area (Å²) in [6.45, 7) is 1.63. The van der Waals surface area contributed by atoms with Gasteiger partial charge in [-0.15, -0.1) is 0 Å². The topological polar surface area (TPSA) is 57.6 Å². The Morgan fingerprint density at radius 2 is 1.58 bits per heavy atom. The third-order valence-corrected chi connectivity index (χ3v) is 6.06. The lowest BCUT2D eigenvalue weighted by Gasteiger charge is -2.21. The maximum absolute atomic E-state index is 12.4. The second kappa shape index (κ2) is 9.32. The second-order valence-electron chi connectivity index (χ2n) is 5.57. The lowest BCUT2D eigenvalue weighted by Crippen LogP contribution is -2.33. The van der Waals surface area contributed by atoms with E-state index in [1.807, 2.05) is 23.1 Å². The molecule has 2 rings (SSSR count). The summed E-state index contributed by atoms with van der Waals surface area (Å²) in [5.41, 5.74) is 1.20. The highest BCUT2D eigenvalue weighted by Crippen LogP contribution is 2.16. The lowest BCUT2D eigenvalue weighted by molar-refractivity contribution is 0.204. The Morgan fingerprint density at radius 1 is 0.917 bits per heavy atom. The van der Waals surface area contributed by atoms with E-state index < -0.39 is 9.84 Å². The fourth-order valence-corrected chi connectivity index (χ4v) is 3.97. The van der Waals surface area contributed by atoms with Crippen LogP contribution in [0.5, 0.6) is 0 Å². The Hall–Kier alpha value is -1.21. The van der Waals surface area contributed by atoms with Gasteiger partial charge in [-0.2, -0.15) is 0 Å². The van der Waals surface area contributed by atoms with E-state index in [0.29, 0.717) is 18.0 Å². The summed E-state index contributed by atoms with van der Waals surface area (Å²) in [5.74, 6) is 0.0451. The van der Waals surface area contributed by atoms with E-state index in [2.05, 4.69) is 28.1 Å². The van der Waals surface area contributed by atoms with Gasteiger partial charge in [0.05, 0.1) is 17.3 Å². The Kier molecular flexibility index (Phi) is 7.42. The molecule has 0 heterocycles. The summed E-state index contributed by atoms with van der Waals surface area (Å²) < 4.78 is 25.7. The predicted octanol–water partition coefficient (Wildman–Crippen LogP) is 2.76. The minimum atomic E-state index is -3.32. The molecule has 0 aliphatic heterocycles. The number of nitrogens with zero attached hydrogens (tertiary/aromatic N) is 1. The number of hydrogen-bond acceptors (Lipinski definition) is 4. The van der Waals surface area contributed by atoms with Crippen LogP contribution in [0.2, 0.25) is 0 Å². The summed E-state index contributed by atoms with van der Waals surface area (Å²) in [6, 6.07) is 16.7. The summed E-state index contributed by atoms with van der Waals surface area (Å²) in [5, 5.41) is 9.21. The summed E-state index contributed by atoms with van der Waals surface area (Å²) in [7, 11) is -3.32. The molecule has 0 bridgehead atoms. The number of rotatable bonds is 9. The van der Waals surface area contributed by atoms with Gasteiger partial charge in [-0.1, -0.05) is 46.3 Å². The van der Waals surface area contributed by atoms with Crippen molar-refractivity contribution < 1.29 is 13.5 Å². The van der Waals surface area contributed by atoms with E-state index in [1.165, 1.54) is 5.56 Å². The molecular weight excluding hydrogens is 390 g/mol. The first-order chi connectivity index (χ1) is 11.5. The predicted molar refractivity (Wildman–Crippen MR) is 99.9 cm³/mol. The van der Waals surface area contributed by atoms with Gasteiger partial charge in [-0.05, 0) is 36.2 Å². The summed E-state index contributed by atoms with van der Waals surface area (Å²) in [6.07, 6.45) is 0.833. The highest BCUT2D eigenvalue weighted by molar-refractivity contribution is 9.10. The molecule has 0 unspecified atom stereocenters. The first-order valence-corrected chi connectivity index (χ1v) is 10.3. The van der Waals surface area contributed by atoms with Crippen LogP contribution < -0.4 is 0 Å². The molecule has 130 valence electrons. The van der Waals surface area contributed by atoms with Crippen LogP contribution in [0.15, 0.2) is 64.0 Å². The maximum Gasteiger partial charge on any atom is 0.179 e. The standard InChI is InChI=1S/C18H22BrNO3S/c19-17-6-8-18(9-7-17)24(22,23)15-13-20(12-14-21)11-10-16-4-2-1-3-5-16/h1-9,21H,10-15H2. The normalized spacial score (nSPS) is 11.8. The maximum atomic E-state index is 12.4. The first-order valence-electron chi connectivity index (χ1n) is 7.87. The van der Waals surface area contributed by atoms with Crippen molar-refractivity contribution in [3.05, 3.63) is 64.6 Å². The van der Waals surface area contributed by atoms with Gasteiger partial charge < -0.3 is 5.11 Å². The van der Waals surface area contributed by atoms with Gasteiger partial charge in [0.1, 0.15) is 0 Å². The molecule has 0 aliphatic rings. The monoisotopic (exact) mass is 411 g/mol. The molecule has 0 fully saturated rings. The van der Waals surface area contributed by atoms with Gasteiger partial charge in [-0.25, -0.2) is 8.42 Å². The number of sulfone groups is 1. The molecule has 4 nitrogen and oxygen atoms in total. The van der Waals surface area contributed by atoms with E-state index in [-0.39, 0.29) is 12.4 Å². The van der Waals surface area contributed by atoms with Crippen molar-refractivity contribution in [2.24, 2.45) is 0 Å². The zero-order valence-electron chi connectivity index (χ0n) is 13.4. The fourth-order valence-electron chi connectivity index (χ4n) is 2.42. The number of aliphatic hydroxyl groups excluding tert-OH is 1. The minimum absolute atomic E-state index is 0.0210. The number of benzene rings is 2. The average Bonchev–Trinajstić information content (AvgIpc) is 2.59. The van der Waals surface area contributed by atoms with Crippen molar-refractivity contribution in [2.75, 3.05) is 32.0 Å². The van der Waals surface area contributed by atoms with Crippen LogP contribution in [-0.2, 0) is 16.3 Å². The number of aliphatic hydroxyl groups is 1. The molecule has 0 saturated carbocycles. The van der Waals surface area contributed by atoms with Crippen molar-refractivity contribution >= 4 is 25.8 Å². The summed E-state index contributed by atoms with van der Waals surface area (Å²) in [4.78, 5) is 2.32. The minimum Gasteiger partial charge on any atom is -0.395 e. The molecule has 0 amide bonds. The highest BCUT2D eigenvalue weighted by atomic mass is 79.9. The van der Waals surface area contributed by atoms with Gasteiger partial charge in [0.2, 0.25) is 0 Å². The van der Waals surface area contributed by atoms with Gasteiger partial charge >= 0.3 is 0 Å². The van der Waals surface area contributed by atoms with Crippen LogP contribution in [0.25, 0.3) is 0 Å². The highest BCUT2D eigenvalue weighted by Gasteiger charge is 2.16. The molecule has 2 aromatic carbocycles. The van der Waals surface area contributed by atoms with Crippen LogP contribution in [0.3, 0.4) is 0 Å². The van der Waals surface area contributed by atoms with E-state index in [0.717, 1.165) is 17.4 Å². The third kappa shape index (κ3) is 6.02. The van der Waals surface area contributed by atoms with Crippen LogP contribution in [0, 0.1) is 0 Å². The molecule has 0 saturated heterocycles. The third-order valence-electron chi connectivity index (χ3n) is 3.82. The van der Waals surface area contributed by atoms with Crippen molar-refractivity contribution in [3.63, 3.8) is 0 Å². The number of halogens is 1. The smallest absolute Gasteiger partial charge is 0.179 e. The molecule has 6 heteroatoms. The molecule has 0 radical (unpaired) electrons. The van der Waals surface area contributed by atoms with Gasteiger partial charge in [0.15, 0.2) is 9.84 Å². The largest absolute Gasteiger partial charge is 0.395 e. The van der Waals surface area contributed by atoms with E-state index in [1.54, 1.807) is 24.3 Å². The van der Waals surface area contributed by atoms with Gasteiger partial charge in [0, 0.05) is 24.1 Å². The molecular formula is C18H22BrNO3S. The SMILES string of the molecule is O=S(=O)(CCN(CCO)CCc1ccccc1)c1ccc(Br)cc1. The molecule has 0 aromatic heterocycles. The Balaban J connectivity index is 1.93. The van der Waals surface area contributed by atoms with Crippen LogP contribution in [-0.4, -0.2) is 50.4 Å². The van der Waals surface area contributed by atoms with Crippen molar-refractivity contribution in [3.8, 4) is 0 Å². The number of hydrogen-bond donors (Lipinski definition) is 1. The molecule has 24 heavy (non-hydrogen) atoms. The Bertz CT molecular complexity index is 718. The van der Waals surface area contributed by atoms with Crippen molar-refractivity contribution in [1.29, 1.82) is 0 Å². The average molecular weight is 412 g/mol. The van der Waals surface area contributed by atoms with E-state index >= 15 is 0 Å². The van der Waals surface area contributed by atoms with Gasteiger partial charge in [-0.3, -0.25) is 4.90 Å². The van der Waals surface area contributed by atoms with Crippen LogP contribution >= 0.6 is 15.9 Å².